The maximum Gasteiger partial charge on any atom is 0.293 e. The number of carbonyl (C=O) groups excluding carboxylic acids is 1. The summed E-state index contributed by atoms with van der Waals surface area (Å²) in [5, 5.41) is 34.7. The van der Waals surface area contributed by atoms with Gasteiger partial charge in [-0.15, -0.1) is 0 Å². The Morgan fingerprint density at radius 1 is 1.38 bits per heavy atom. The Kier molecular flexibility index (Phi) is 5.25. The third-order valence-electron chi connectivity index (χ3n) is 3.05. The molecular weight excluding hydrogens is 314 g/mol. The smallest absolute Gasteiger partial charge is 0.293 e. The number of aromatic nitrogens is 1. The van der Waals surface area contributed by atoms with Crippen molar-refractivity contribution in [2.75, 3.05) is 18.4 Å². The van der Waals surface area contributed by atoms with Crippen LogP contribution in [0.25, 0.3) is 0 Å². The first-order valence-electron chi connectivity index (χ1n) is 6.87. The van der Waals surface area contributed by atoms with E-state index in [9.17, 15) is 20.0 Å². The van der Waals surface area contributed by atoms with Crippen LogP contribution in [0.4, 0.5) is 11.4 Å². The van der Waals surface area contributed by atoms with Gasteiger partial charge in [-0.3, -0.25) is 14.9 Å². The second kappa shape index (κ2) is 7.55. The minimum atomic E-state index is -0.590. The molecule has 0 unspecified atom stereocenters. The fourth-order valence-electron chi connectivity index (χ4n) is 1.93. The lowest BCUT2D eigenvalue weighted by molar-refractivity contribution is -0.384. The number of anilines is 1. The number of hydrogen-bond donors (Lipinski definition) is 3. The molecule has 0 aliphatic rings. The summed E-state index contributed by atoms with van der Waals surface area (Å²) in [4.78, 5) is 26.0. The van der Waals surface area contributed by atoms with Gasteiger partial charge in [0.15, 0.2) is 5.69 Å². The Hall–Kier alpha value is -3.67. The lowest BCUT2D eigenvalue weighted by Gasteiger charge is -2.09. The van der Waals surface area contributed by atoms with Gasteiger partial charge in [0.05, 0.1) is 16.6 Å². The normalized spacial score (nSPS) is 9.79. The van der Waals surface area contributed by atoms with E-state index in [0.717, 1.165) is 0 Å². The minimum absolute atomic E-state index is 0.0955. The molecule has 0 aliphatic heterocycles. The predicted molar refractivity (Wildman–Crippen MR) is 84.5 cm³/mol. The van der Waals surface area contributed by atoms with Gasteiger partial charge in [0.2, 0.25) is 0 Å². The number of nitrogens with one attached hydrogen (secondary N) is 2. The molecule has 0 fully saturated rings. The maximum atomic E-state index is 11.8. The molecule has 0 atom stereocenters. The molecule has 2 rings (SSSR count). The molecule has 0 saturated heterocycles. The lowest BCUT2D eigenvalue weighted by atomic mass is 10.2. The number of nitro benzene ring substituents is 1. The van der Waals surface area contributed by atoms with Crippen molar-refractivity contribution in [3.05, 3.63) is 57.9 Å². The molecule has 0 bridgehead atoms. The molecule has 1 amide bonds. The monoisotopic (exact) mass is 327 g/mol. The second-order valence-electron chi connectivity index (χ2n) is 4.65. The van der Waals surface area contributed by atoms with E-state index >= 15 is 0 Å². The first-order chi connectivity index (χ1) is 11.5. The summed E-state index contributed by atoms with van der Waals surface area (Å²) in [5.74, 6) is -0.782. The van der Waals surface area contributed by atoms with Crippen molar-refractivity contribution in [3.63, 3.8) is 0 Å². The van der Waals surface area contributed by atoms with E-state index in [1.54, 1.807) is 0 Å². The van der Waals surface area contributed by atoms with Gasteiger partial charge in [0.1, 0.15) is 11.4 Å². The SMILES string of the molecule is N#Cc1ccc(NCCNC(=O)c2ncccc2O)c([N+](=O)[O-])c1. The highest BCUT2D eigenvalue weighted by molar-refractivity contribution is 5.94. The number of nitrogens with zero attached hydrogens (tertiary/aromatic N) is 3. The number of rotatable bonds is 6. The van der Waals surface area contributed by atoms with Gasteiger partial charge in [-0.05, 0) is 24.3 Å². The van der Waals surface area contributed by atoms with Crippen LogP contribution in [0.3, 0.4) is 0 Å². The molecule has 1 aromatic heterocycles. The van der Waals surface area contributed by atoms with Crippen molar-refractivity contribution < 1.29 is 14.8 Å². The van der Waals surface area contributed by atoms with E-state index in [4.69, 9.17) is 5.26 Å². The van der Waals surface area contributed by atoms with Gasteiger partial charge < -0.3 is 15.7 Å². The number of hydrogen-bond acceptors (Lipinski definition) is 7. The van der Waals surface area contributed by atoms with Crippen LogP contribution < -0.4 is 10.6 Å². The molecule has 122 valence electrons. The average Bonchev–Trinajstić information content (AvgIpc) is 2.58. The molecule has 1 heterocycles. The van der Waals surface area contributed by atoms with E-state index in [-0.39, 0.29) is 41.5 Å². The Labute approximate surface area is 136 Å². The summed E-state index contributed by atoms with van der Waals surface area (Å²) in [7, 11) is 0. The van der Waals surface area contributed by atoms with Crippen LogP contribution >= 0.6 is 0 Å². The van der Waals surface area contributed by atoms with E-state index in [2.05, 4.69) is 15.6 Å². The van der Waals surface area contributed by atoms with Crippen molar-refractivity contribution in [2.45, 2.75) is 0 Å². The molecule has 9 nitrogen and oxygen atoms in total. The Morgan fingerprint density at radius 3 is 2.83 bits per heavy atom. The fourth-order valence-corrected chi connectivity index (χ4v) is 1.93. The Morgan fingerprint density at radius 2 is 2.17 bits per heavy atom. The number of aromatic hydroxyl groups is 1. The van der Waals surface area contributed by atoms with Crippen molar-refractivity contribution in [1.82, 2.24) is 10.3 Å². The first kappa shape index (κ1) is 16.7. The summed E-state index contributed by atoms with van der Waals surface area (Å²) in [6, 6.07) is 8.75. The number of amides is 1. The van der Waals surface area contributed by atoms with Gasteiger partial charge >= 0.3 is 0 Å². The zero-order valence-corrected chi connectivity index (χ0v) is 12.4. The van der Waals surface area contributed by atoms with Gasteiger partial charge in [-0.2, -0.15) is 5.26 Å². The summed E-state index contributed by atoms with van der Waals surface area (Å²) in [6.07, 6.45) is 1.38. The summed E-state index contributed by atoms with van der Waals surface area (Å²) in [5.41, 5.74) is 0.115. The first-order valence-corrected chi connectivity index (χ1v) is 6.87. The number of nitriles is 1. The van der Waals surface area contributed by atoms with E-state index in [1.807, 2.05) is 6.07 Å². The van der Waals surface area contributed by atoms with Gasteiger partial charge in [-0.25, -0.2) is 4.98 Å². The summed E-state index contributed by atoms with van der Waals surface area (Å²) >= 11 is 0. The molecular formula is C15H13N5O4. The Bertz CT molecular complexity index is 816. The predicted octanol–water partition coefficient (Wildman–Crippen LogP) is 1.41. The van der Waals surface area contributed by atoms with Crippen LogP contribution in [0.1, 0.15) is 16.1 Å². The summed E-state index contributed by atoms with van der Waals surface area (Å²) in [6.45, 7) is 0.373. The fraction of sp³-hybridized carbons (Fsp3) is 0.133. The zero-order valence-electron chi connectivity index (χ0n) is 12.4. The number of pyridine rings is 1. The number of carbonyl (C=O) groups is 1. The molecule has 24 heavy (non-hydrogen) atoms. The van der Waals surface area contributed by atoms with E-state index in [0.29, 0.717) is 0 Å². The molecule has 1 aromatic carbocycles. The zero-order chi connectivity index (χ0) is 17.5. The van der Waals surface area contributed by atoms with Crippen LogP contribution in [0.2, 0.25) is 0 Å². The van der Waals surface area contributed by atoms with Crippen molar-refractivity contribution in [2.24, 2.45) is 0 Å². The molecule has 0 saturated carbocycles. The van der Waals surface area contributed by atoms with Gasteiger partial charge in [0.25, 0.3) is 11.6 Å². The highest BCUT2D eigenvalue weighted by Gasteiger charge is 2.15. The van der Waals surface area contributed by atoms with Gasteiger partial charge in [0, 0.05) is 25.4 Å². The van der Waals surface area contributed by atoms with Crippen LogP contribution in [-0.4, -0.2) is 34.0 Å². The van der Waals surface area contributed by atoms with Crippen molar-refractivity contribution >= 4 is 17.3 Å². The topological polar surface area (TPSA) is 141 Å². The van der Waals surface area contributed by atoms with Crippen LogP contribution in [0.5, 0.6) is 5.75 Å². The third-order valence-corrected chi connectivity index (χ3v) is 3.05. The second-order valence-corrected chi connectivity index (χ2v) is 4.65. The highest BCUT2D eigenvalue weighted by Crippen LogP contribution is 2.24. The minimum Gasteiger partial charge on any atom is -0.505 e. The Balaban J connectivity index is 1.93. The number of benzene rings is 1. The highest BCUT2D eigenvalue weighted by atomic mass is 16.6. The maximum absolute atomic E-state index is 11.8. The third kappa shape index (κ3) is 3.95. The summed E-state index contributed by atoms with van der Waals surface area (Å²) < 4.78 is 0. The molecule has 0 aliphatic carbocycles. The van der Waals surface area contributed by atoms with Crippen LogP contribution in [0.15, 0.2) is 36.5 Å². The molecule has 3 N–H and O–H groups in total. The molecule has 9 heteroatoms. The van der Waals surface area contributed by atoms with Gasteiger partial charge in [-0.1, -0.05) is 0 Å². The molecule has 0 spiro atoms. The van der Waals surface area contributed by atoms with Crippen LogP contribution in [-0.2, 0) is 0 Å². The largest absolute Gasteiger partial charge is 0.505 e. The lowest BCUT2D eigenvalue weighted by Crippen LogP contribution is -2.29. The standard InChI is InChI=1S/C15H13N5O4/c16-9-10-3-4-11(12(8-10)20(23)24)17-6-7-19-15(22)14-13(21)2-1-5-18-14/h1-5,8,17,21H,6-7H2,(H,19,22). The van der Waals surface area contributed by atoms with E-state index in [1.165, 1.54) is 36.5 Å². The quantitative estimate of drug-likeness (QED) is 0.413. The average molecular weight is 327 g/mol. The van der Waals surface area contributed by atoms with Crippen molar-refractivity contribution in [3.8, 4) is 11.8 Å². The van der Waals surface area contributed by atoms with Crippen molar-refractivity contribution in [1.29, 1.82) is 5.26 Å². The molecule has 2 aromatic rings. The molecule has 0 radical (unpaired) electrons. The number of nitro groups is 1. The van der Waals surface area contributed by atoms with E-state index < -0.39 is 10.8 Å². The van der Waals surface area contributed by atoms with Crippen LogP contribution in [0, 0.1) is 21.4 Å².